The van der Waals surface area contributed by atoms with Gasteiger partial charge < -0.3 is 19.4 Å². The molecule has 0 aromatic carbocycles. The molecule has 3 aromatic rings. The molecular formula is C18H21N3O4. The summed E-state index contributed by atoms with van der Waals surface area (Å²) in [5.74, 6) is 0.586. The molecule has 3 rings (SSSR count). The highest BCUT2D eigenvalue weighted by atomic mass is 16.5. The van der Waals surface area contributed by atoms with Crippen LogP contribution in [0.3, 0.4) is 0 Å². The van der Waals surface area contributed by atoms with Crippen LogP contribution in [-0.4, -0.2) is 33.8 Å². The monoisotopic (exact) mass is 343 g/mol. The van der Waals surface area contributed by atoms with E-state index >= 15 is 0 Å². The lowest BCUT2D eigenvalue weighted by atomic mass is 10.0. The highest BCUT2D eigenvalue weighted by Gasteiger charge is 2.22. The number of nitrogens with one attached hydrogen (secondary N) is 1. The number of aryl methyl sites for hydroxylation is 1. The van der Waals surface area contributed by atoms with Gasteiger partial charge in [0, 0.05) is 0 Å². The Labute approximate surface area is 145 Å². The molecule has 0 aliphatic heterocycles. The molecule has 1 atom stereocenters. The van der Waals surface area contributed by atoms with E-state index in [1.54, 1.807) is 25.1 Å². The Balaban J connectivity index is 2.01. The van der Waals surface area contributed by atoms with Crippen molar-refractivity contribution in [2.45, 2.75) is 33.2 Å². The minimum absolute atomic E-state index is 0.119. The predicted molar refractivity (Wildman–Crippen MR) is 92.0 cm³/mol. The lowest BCUT2D eigenvalue weighted by molar-refractivity contribution is 0.0910. The maximum Gasteiger partial charge on any atom is 0.259 e. The molecule has 0 aliphatic carbocycles. The number of amides is 1. The second kappa shape index (κ2) is 7.06. The first-order chi connectivity index (χ1) is 12.0. The first-order valence-electron chi connectivity index (χ1n) is 8.22. The molecule has 7 nitrogen and oxygen atoms in total. The summed E-state index contributed by atoms with van der Waals surface area (Å²) >= 11 is 0. The number of pyridine rings is 1. The normalized spacial score (nSPS) is 12.7. The van der Waals surface area contributed by atoms with Crippen molar-refractivity contribution in [2.75, 3.05) is 6.61 Å². The fourth-order valence-electron chi connectivity index (χ4n) is 2.84. The summed E-state index contributed by atoms with van der Waals surface area (Å²) in [5.41, 5.74) is 1.75. The Morgan fingerprint density at radius 3 is 2.84 bits per heavy atom. The van der Waals surface area contributed by atoms with Crippen LogP contribution in [0.15, 0.2) is 33.4 Å². The van der Waals surface area contributed by atoms with Gasteiger partial charge in [0.25, 0.3) is 11.6 Å². The van der Waals surface area contributed by atoms with Crippen LogP contribution in [0.5, 0.6) is 0 Å². The molecule has 2 N–H and O–H groups in total. The third-order valence-corrected chi connectivity index (χ3v) is 3.95. The van der Waals surface area contributed by atoms with Crippen LogP contribution >= 0.6 is 0 Å². The molecule has 3 aromatic heterocycles. The molecule has 0 saturated carbocycles. The van der Waals surface area contributed by atoms with Gasteiger partial charge in [-0.2, -0.15) is 0 Å². The maximum atomic E-state index is 12.8. The third kappa shape index (κ3) is 3.56. The molecule has 0 spiro atoms. The van der Waals surface area contributed by atoms with Gasteiger partial charge in [-0.1, -0.05) is 19.0 Å². The van der Waals surface area contributed by atoms with Crippen molar-refractivity contribution >= 4 is 17.0 Å². The van der Waals surface area contributed by atoms with Gasteiger partial charge in [0.1, 0.15) is 5.69 Å². The van der Waals surface area contributed by atoms with Crippen LogP contribution in [0.4, 0.5) is 0 Å². The van der Waals surface area contributed by atoms with Gasteiger partial charge in [-0.3, -0.25) is 4.79 Å². The average Bonchev–Trinajstić information content (AvgIpc) is 3.23. The highest BCUT2D eigenvalue weighted by molar-refractivity contribution is 6.07. The lowest BCUT2D eigenvalue weighted by Crippen LogP contribution is -2.38. The molecule has 0 aliphatic rings. The minimum atomic E-state index is -0.317. The number of furan rings is 1. The van der Waals surface area contributed by atoms with Gasteiger partial charge in [-0.15, -0.1) is 0 Å². The Kier molecular flexibility index (Phi) is 4.85. The first-order valence-corrected chi connectivity index (χ1v) is 8.22. The molecule has 25 heavy (non-hydrogen) atoms. The summed E-state index contributed by atoms with van der Waals surface area (Å²) in [6.07, 6.45) is 2.22. The van der Waals surface area contributed by atoms with Crippen molar-refractivity contribution in [1.29, 1.82) is 0 Å². The largest absolute Gasteiger partial charge is 0.463 e. The zero-order valence-corrected chi connectivity index (χ0v) is 14.4. The zero-order valence-electron chi connectivity index (χ0n) is 14.4. The van der Waals surface area contributed by atoms with E-state index in [4.69, 9.17) is 8.94 Å². The summed E-state index contributed by atoms with van der Waals surface area (Å²) in [4.78, 5) is 17.2. The van der Waals surface area contributed by atoms with Gasteiger partial charge in [0.2, 0.25) is 0 Å². The van der Waals surface area contributed by atoms with Gasteiger partial charge >= 0.3 is 0 Å². The number of aliphatic hydroxyl groups excluding tert-OH is 1. The van der Waals surface area contributed by atoms with Crippen LogP contribution < -0.4 is 5.32 Å². The number of aromatic nitrogens is 2. The van der Waals surface area contributed by atoms with Crippen molar-refractivity contribution in [3.63, 3.8) is 0 Å². The van der Waals surface area contributed by atoms with Crippen molar-refractivity contribution in [3.8, 4) is 11.5 Å². The molecular weight excluding hydrogens is 322 g/mol. The van der Waals surface area contributed by atoms with Gasteiger partial charge in [0.05, 0.1) is 35.6 Å². The van der Waals surface area contributed by atoms with Crippen LogP contribution in [-0.2, 0) is 0 Å². The number of carbonyl (C=O) groups excluding carboxylic acids is 1. The highest BCUT2D eigenvalue weighted by Crippen LogP contribution is 2.27. The van der Waals surface area contributed by atoms with Crippen molar-refractivity contribution < 1.29 is 18.8 Å². The van der Waals surface area contributed by atoms with E-state index in [0.29, 0.717) is 40.4 Å². The number of hydrogen-bond donors (Lipinski definition) is 2. The molecule has 3 heterocycles. The van der Waals surface area contributed by atoms with E-state index < -0.39 is 0 Å². The number of carbonyl (C=O) groups is 1. The molecule has 0 saturated heterocycles. The third-order valence-electron chi connectivity index (χ3n) is 3.95. The number of hydrogen-bond acceptors (Lipinski definition) is 6. The van der Waals surface area contributed by atoms with Crippen molar-refractivity contribution in [2.24, 2.45) is 5.92 Å². The van der Waals surface area contributed by atoms with Gasteiger partial charge in [0.15, 0.2) is 5.76 Å². The van der Waals surface area contributed by atoms with E-state index in [-0.39, 0.29) is 24.3 Å². The molecule has 1 amide bonds. The molecule has 132 valence electrons. The number of fused-ring (bicyclic) bond motifs is 1. The topological polar surface area (TPSA) is 101 Å². The number of nitrogens with zero attached hydrogens (tertiary/aromatic N) is 2. The summed E-state index contributed by atoms with van der Waals surface area (Å²) in [6.45, 7) is 5.72. The average molecular weight is 343 g/mol. The van der Waals surface area contributed by atoms with E-state index in [2.05, 4.69) is 15.5 Å². The number of rotatable bonds is 6. The van der Waals surface area contributed by atoms with Crippen LogP contribution in [0.1, 0.15) is 36.3 Å². The Hall–Kier alpha value is -2.67. The van der Waals surface area contributed by atoms with E-state index in [1.807, 2.05) is 13.8 Å². The lowest BCUT2D eigenvalue weighted by Gasteiger charge is -2.18. The Morgan fingerprint density at radius 1 is 1.40 bits per heavy atom. The standard InChI is InChI=1S/C18H21N3O4/c1-10(2)7-12(9-22)19-17(23)13-8-14(15-5-4-6-24-15)20-18-16(13)11(3)21-25-18/h4-6,8,10,12,22H,7,9H2,1-3H3,(H,19,23). The predicted octanol–water partition coefficient (Wildman–Crippen LogP) is 2.93. The van der Waals surface area contributed by atoms with Gasteiger partial charge in [-0.25, -0.2) is 4.98 Å². The number of aliphatic hydroxyl groups is 1. The van der Waals surface area contributed by atoms with Crippen LogP contribution in [0.2, 0.25) is 0 Å². The molecule has 7 heteroatoms. The van der Waals surface area contributed by atoms with Crippen LogP contribution in [0.25, 0.3) is 22.6 Å². The SMILES string of the molecule is Cc1noc2nc(-c3ccco3)cc(C(=O)NC(CO)CC(C)C)c12. The quantitative estimate of drug-likeness (QED) is 0.713. The smallest absolute Gasteiger partial charge is 0.259 e. The second-order valence-electron chi connectivity index (χ2n) is 6.46. The minimum Gasteiger partial charge on any atom is -0.463 e. The fourth-order valence-corrected chi connectivity index (χ4v) is 2.84. The summed E-state index contributed by atoms with van der Waals surface area (Å²) in [5, 5.41) is 16.9. The van der Waals surface area contributed by atoms with E-state index in [9.17, 15) is 9.90 Å². The Bertz CT molecular complexity index is 868. The first kappa shape index (κ1) is 17.2. The van der Waals surface area contributed by atoms with E-state index in [0.717, 1.165) is 0 Å². The maximum absolute atomic E-state index is 12.8. The molecule has 0 radical (unpaired) electrons. The second-order valence-corrected chi connectivity index (χ2v) is 6.46. The molecule has 0 fully saturated rings. The van der Waals surface area contributed by atoms with Crippen molar-refractivity contribution in [1.82, 2.24) is 15.5 Å². The van der Waals surface area contributed by atoms with E-state index in [1.165, 1.54) is 6.26 Å². The fraction of sp³-hybridized carbons (Fsp3) is 0.389. The summed E-state index contributed by atoms with van der Waals surface area (Å²) < 4.78 is 10.6. The van der Waals surface area contributed by atoms with Gasteiger partial charge in [-0.05, 0) is 37.5 Å². The summed E-state index contributed by atoms with van der Waals surface area (Å²) in [7, 11) is 0. The molecule has 0 bridgehead atoms. The summed E-state index contributed by atoms with van der Waals surface area (Å²) in [6, 6.07) is 4.85. The Morgan fingerprint density at radius 2 is 2.20 bits per heavy atom. The molecule has 1 unspecified atom stereocenters. The zero-order chi connectivity index (χ0) is 18.0. The van der Waals surface area contributed by atoms with Crippen molar-refractivity contribution in [3.05, 3.63) is 35.7 Å². The van der Waals surface area contributed by atoms with Crippen LogP contribution in [0, 0.1) is 12.8 Å².